The number of rotatable bonds is 10. The van der Waals surface area contributed by atoms with Gasteiger partial charge < -0.3 is 15.1 Å². The molecule has 2 aromatic rings. The van der Waals surface area contributed by atoms with Crippen molar-refractivity contribution in [1.82, 2.24) is 19.7 Å². The van der Waals surface area contributed by atoms with E-state index in [2.05, 4.69) is 33.4 Å². The zero-order valence-corrected chi connectivity index (χ0v) is 19.2. The third kappa shape index (κ3) is 6.26. The van der Waals surface area contributed by atoms with E-state index in [0.29, 0.717) is 18.8 Å². The molecule has 1 N–H and O–H groups in total. The fraction of sp³-hybridized carbons (Fsp3) is 0.520. The van der Waals surface area contributed by atoms with Crippen LogP contribution in [0.1, 0.15) is 29.7 Å². The Labute approximate surface area is 190 Å². The number of benzene rings is 1. The van der Waals surface area contributed by atoms with Crippen LogP contribution in [-0.2, 0) is 24.3 Å². The van der Waals surface area contributed by atoms with E-state index < -0.39 is 0 Å². The van der Waals surface area contributed by atoms with Gasteiger partial charge in [-0.3, -0.25) is 14.7 Å². The summed E-state index contributed by atoms with van der Waals surface area (Å²) in [6.07, 6.45) is 4.98. The molecule has 7 heteroatoms. The van der Waals surface area contributed by atoms with Crippen molar-refractivity contribution in [3.63, 3.8) is 0 Å². The van der Waals surface area contributed by atoms with Crippen LogP contribution in [0.3, 0.4) is 0 Å². The summed E-state index contributed by atoms with van der Waals surface area (Å²) >= 11 is 0. The molecule has 0 atom stereocenters. The smallest absolute Gasteiger partial charge is 0.242 e. The summed E-state index contributed by atoms with van der Waals surface area (Å²) in [5.41, 5.74) is 4.46. The average molecular weight is 440 g/mol. The van der Waals surface area contributed by atoms with Crippen molar-refractivity contribution in [3.8, 4) is 0 Å². The predicted octanol–water partition coefficient (Wildman–Crippen LogP) is 2.99. The van der Waals surface area contributed by atoms with Gasteiger partial charge in [-0.15, -0.1) is 0 Å². The maximum atomic E-state index is 13.2. The molecule has 32 heavy (non-hydrogen) atoms. The minimum atomic E-state index is -0.369. The normalized spacial score (nSPS) is 16.1. The van der Waals surface area contributed by atoms with Crippen LogP contribution < -0.4 is 5.32 Å². The van der Waals surface area contributed by atoms with Gasteiger partial charge in [0.15, 0.2) is 0 Å². The fourth-order valence-corrected chi connectivity index (χ4v) is 4.25. The van der Waals surface area contributed by atoms with Crippen LogP contribution in [0.5, 0.6) is 0 Å². The van der Waals surface area contributed by atoms with Crippen molar-refractivity contribution in [2.75, 3.05) is 52.1 Å². The molecule has 0 saturated heterocycles. The Morgan fingerprint density at radius 3 is 2.78 bits per heavy atom. The number of halogens is 1. The molecule has 1 aromatic heterocycles. The maximum Gasteiger partial charge on any atom is 0.242 e. The molecular weight excluding hydrogens is 405 g/mol. The molecule has 1 aliphatic heterocycles. The molecule has 1 aliphatic carbocycles. The fourth-order valence-electron chi connectivity index (χ4n) is 4.25. The number of carbonyl (C=O) groups excluding carboxylic acids is 1. The summed E-state index contributed by atoms with van der Waals surface area (Å²) in [7, 11) is 3.97. The lowest BCUT2D eigenvalue weighted by atomic mass is 9.97. The van der Waals surface area contributed by atoms with E-state index in [1.807, 2.05) is 19.0 Å². The van der Waals surface area contributed by atoms with Gasteiger partial charge in [0.1, 0.15) is 5.82 Å². The van der Waals surface area contributed by atoms with E-state index in [0.717, 1.165) is 37.7 Å². The Balaban J connectivity index is 1.38. The van der Waals surface area contributed by atoms with E-state index in [1.54, 1.807) is 11.0 Å². The summed E-state index contributed by atoms with van der Waals surface area (Å²) in [6, 6.07) is 9.40. The number of fused-ring (bicyclic) bond motifs is 1. The highest BCUT2D eigenvalue weighted by molar-refractivity contribution is 5.81. The van der Waals surface area contributed by atoms with Crippen LogP contribution in [0.25, 0.3) is 0 Å². The van der Waals surface area contributed by atoms with Crippen molar-refractivity contribution in [2.45, 2.75) is 32.4 Å². The third-order valence-electron chi connectivity index (χ3n) is 6.30. The van der Waals surface area contributed by atoms with E-state index in [1.165, 1.54) is 42.8 Å². The molecule has 1 saturated carbocycles. The van der Waals surface area contributed by atoms with Crippen molar-refractivity contribution in [3.05, 3.63) is 59.2 Å². The molecule has 1 fully saturated rings. The molecule has 6 nitrogen and oxygen atoms in total. The first kappa shape index (κ1) is 22.7. The van der Waals surface area contributed by atoms with Gasteiger partial charge >= 0.3 is 0 Å². The summed E-state index contributed by atoms with van der Waals surface area (Å²) in [6.45, 7) is 5.25. The Kier molecular flexibility index (Phi) is 7.37. The van der Waals surface area contributed by atoms with Crippen molar-refractivity contribution < 1.29 is 9.18 Å². The highest BCUT2D eigenvalue weighted by Crippen LogP contribution is 2.32. The number of nitrogens with zero attached hydrogens (tertiary/aromatic N) is 4. The second-order valence-corrected chi connectivity index (χ2v) is 9.31. The molecule has 2 aliphatic rings. The monoisotopic (exact) mass is 439 g/mol. The van der Waals surface area contributed by atoms with Gasteiger partial charge in [-0.25, -0.2) is 4.39 Å². The Bertz CT molecular complexity index is 913. The number of carbonyl (C=O) groups is 1. The zero-order chi connectivity index (χ0) is 22.5. The lowest BCUT2D eigenvalue weighted by Gasteiger charge is -2.30. The molecule has 2 heterocycles. The summed E-state index contributed by atoms with van der Waals surface area (Å²) in [4.78, 5) is 23.6. The molecule has 4 rings (SSSR count). The largest absolute Gasteiger partial charge is 0.376 e. The lowest BCUT2D eigenvalue weighted by Crippen LogP contribution is -2.39. The van der Waals surface area contributed by atoms with Crippen LogP contribution in [-0.4, -0.2) is 72.4 Å². The first-order valence-corrected chi connectivity index (χ1v) is 11.6. The van der Waals surface area contributed by atoms with Gasteiger partial charge in [-0.05, 0) is 68.6 Å². The summed E-state index contributed by atoms with van der Waals surface area (Å²) < 4.78 is 13.2. The van der Waals surface area contributed by atoms with Crippen molar-refractivity contribution >= 4 is 11.6 Å². The van der Waals surface area contributed by atoms with Gasteiger partial charge in [0, 0.05) is 38.4 Å². The van der Waals surface area contributed by atoms with Gasteiger partial charge in [0.2, 0.25) is 5.91 Å². The third-order valence-corrected chi connectivity index (χ3v) is 6.30. The molecule has 1 amide bonds. The highest BCUT2D eigenvalue weighted by atomic mass is 19.1. The number of anilines is 1. The topological polar surface area (TPSA) is 51.7 Å². The first-order chi connectivity index (χ1) is 15.5. The van der Waals surface area contributed by atoms with E-state index in [4.69, 9.17) is 0 Å². The number of hydrogen-bond donors (Lipinski definition) is 1. The molecule has 0 spiro atoms. The molecule has 0 unspecified atom stereocenters. The number of pyridine rings is 1. The van der Waals surface area contributed by atoms with Gasteiger partial charge in [0.05, 0.1) is 25.0 Å². The van der Waals surface area contributed by atoms with E-state index in [-0.39, 0.29) is 18.3 Å². The Hall–Kier alpha value is -2.51. The number of aromatic nitrogens is 1. The van der Waals surface area contributed by atoms with Crippen molar-refractivity contribution in [1.29, 1.82) is 0 Å². The van der Waals surface area contributed by atoms with E-state index >= 15 is 0 Å². The van der Waals surface area contributed by atoms with Crippen LogP contribution in [0.4, 0.5) is 10.1 Å². The molecule has 1 aromatic carbocycles. The van der Waals surface area contributed by atoms with E-state index in [9.17, 15) is 9.18 Å². The predicted molar refractivity (Wildman–Crippen MR) is 125 cm³/mol. The average Bonchev–Trinajstić information content (AvgIpc) is 3.60. The maximum absolute atomic E-state index is 13.2. The molecular formula is C25H34FN5O. The van der Waals surface area contributed by atoms with Crippen LogP contribution in [0.15, 0.2) is 36.5 Å². The second kappa shape index (κ2) is 10.4. The van der Waals surface area contributed by atoms with Crippen LogP contribution in [0, 0.1) is 11.7 Å². The minimum Gasteiger partial charge on any atom is -0.376 e. The Morgan fingerprint density at radius 2 is 2.06 bits per heavy atom. The van der Waals surface area contributed by atoms with Gasteiger partial charge in [0.25, 0.3) is 0 Å². The van der Waals surface area contributed by atoms with Crippen LogP contribution >= 0.6 is 0 Å². The quantitative estimate of drug-likeness (QED) is 0.617. The number of likely N-dealkylation sites (N-methyl/N-ethyl adjacent to an activating group) is 1. The number of hydrogen-bond acceptors (Lipinski definition) is 5. The van der Waals surface area contributed by atoms with Crippen LogP contribution in [0.2, 0.25) is 0 Å². The summed E-state index contributed by atoms with van der Waals surface area (Å²) in [5, 5.41) is 3.40. The first-order valence-electron chi connectivity index (χ1n) is 11.6. The van der Waals surface area contributed by atoms with Gasteiger partial charge in [-0.1, -0.05) is 12.1 Å². The second-order valence-electron chi connectivity index (χ2n) is 9.31. The lowest BCUT2D eigenvalue weighted by molar-refractivity contribution is -0.130. The van der Waals surface area contributed by atoms with Crippen molar-refractivity contribution in [2.24, 2.45) is 5.92 Å². The number of nitrogens with one attached hydrogen (secondary N) is 1. The molecule has 0 radical (unpaired) electrons. The van der Waals surface area contributed by atoms with Gasteiger partial charge in [-0.2, -0.15) is 0 Å². The molecule has 172 valence electrons. The SMILES string of the molecule is CN(C)CCN(Cc1ccc(F)cn1)C(=O)CNc1cccc2c1CCN(CC1CC1)C2. The summed E-state index contributed by atoms with van der Waals surface area (Å²) in [5.74, 6) is 0.548. The zero-order valence-electron chi connectivity index (χ0n) is 19.2. The highest BCUT2D eigenvalue weighted by Gasteiger charge is 2.27. The standard InChI is InChI=1S/C25H34FN5O/c1-29(2)12-13-31(18-22-9-8-21(26)14-27-22)25(32)15-28-24-5-3-4-20-17-30(11-10-23(20)24)16-19-6-7-19/h3-5,8-9,14,19,28H,6-7,10-13,15-18H2,1-2H3. The Morgan fingerprint density at radius 1 is 1.22 bits per heavy atom. The molecule has 0 bridgehead atoms. The number of amides is 1. The minimum absolute atomic E-state index is 0.0155.